The van der Waals surface area contributed by atoms with E-state index in [0.717, 1.165) is 6.07 Å². The number of rotatable bonds is 1. The molecule has 0 fully saturated rings. The molecular weight excluding hydrogens is 278 g/mol. The van der Waals surface area contributed by atoms with Gasteiger partial charge >= 0.3 is 0 Å². The third-order valence-corrected chi connectivity index (χ3v) is 2.69. The van der Waals surface area contributed by atoms with Crippen LogP contribution >= 0.6 is 15.9 Å². The molecule has 16 heavy (non-hydrogen) atoms. The fourth-order valence-corrected chi connectivity index (χ4v) is 1.76. The Morgan fingerprint density at radius 3 is 2.56 bits per heavy atom. The molecule has 0 radical (unpaired) electrons. The summed E-state index contributed by atoms with van der Waals surface area (Å²) in [6.07, 6.45) is 0. The topological polar surface area (TPSA) is 38.9 Å². The summed E-state index contributed by atoms with van der Waals surface area (Å²) in [6, 6.07) is 6.58. The van der Waals surface area contributed by atoms with Crippen LogP contribution in [0.3, 0.4) is 0 Å². The Morgan fingerprint density at radius 2 is 1.88 bits per heavy atom. The van der Waals surface area contributed by atoms with Crippen LogP contribution in [0.5, 0.6) is 0 Å². The fourth-order valence-electron chi connectivity index (χ4n) is 1.33. The van der Waals surface area contributed by atoms with Crippen LogP contribution in [0.2, 0.25) is 0 Å². The van der Waals surface area contributed by atoms with Gasteiger partial charge in [-0.2, -0.15) is 0 Å². The molecule has 1 aromatic heterocycles. The van der Waals surface area contributed by atoms with Gasteiger partial charge < -0.3 is 5.73 Å². The molecular formula is C11H7BrF2N2. The third kappa shape index (κ3) is 2.04. The van der Waals surface area contributed by atoms with Crippen molar-refractivity contribution in [1.82, 2.24) is 4.98 Å². The Kier molecular flexibility index (Phi) is 2.87. The molecule has 0 amide bonds. The van der Waals surface area contributed by atoms with Crippen LogP contribution in [0.15, 0.2) is 34.8 Å². The van der Waals surface area contributed by atoms with Crippen LogP contribution in [0.25, 0.3) is 11.3 Å². The number of nitrogen functional groups attached to an aromatic ring is 1. The molecule has 0 aliphatic carbocycles. The zero-order chi connectivity index (χ0) is 11.7. The van der Waals surface area contributed by atoms with Gasteiger partial charge in [-0.05, 0) is 40.2 Å². The Hall–Kier alpha value is -1.49. The second kappa shape index (κ2) is 4.17. The van der Waals surface area contributed by atoms with Gasteiger partial charge in [-0.1, -0.05) is 0 Å². The normalized spacial score (nSPS) is 10.4. The highest BCUT2D eigenvalue weighted by Gasteiger charge is 2.11. The van der Waals surface area contributed by atoms with Gasteiger partial charge in [-0.3, -0.25) is 0 Å². The Morgan fingerprint density at radius 1 is 1.12 bits per heavy atom. The van der Waals surface area contributed by atoms with E-state index in [9.17, 15) is 8.78 Å². The van der Waals surface area contributed by atoms with Gasteiger partial charge in [0.1, 0.15) is 17.5 Å². The lowest BCUT2D eigenvalue weighted by Gasteiger charge is -2.06. The molecule has 2 nitrogen and oxygen atoms in total. The summed E-state index contributed by atoms with van der Waals surface area (Å²) < 4.78 is 26.9. The average molecular weight is 285 g/mol. The molecule has 0 unspecified atom stereocenters. The number of hydrogen-bond donors (Lipinski definition) is 1. The average Bonchev–Trinajstić information content (AvgIpc) is 2.22. The molecule has 0 atom stereocenters. The summed E-state index contributed by atoms with van der Waals surface area (Å²) in [5.74, 6) is -1.01. The largest absolute Gasteiger partial charge is 0.384 e. The summed E-state index contributed by atoms with van der Waals surface area (Å²) in [7, 11) is 0. The first-order valence-corrected chi connectivity index (χ1v) is 5.24. The van der Waals surface area contributed by atoms with E-state index < -0.39 is 11.6 Å². The molecule has 1 heterocycles. The van der Waals surface area contributed by atoms with E-state index in [4.69, 9.17) is 5.73 Å². The lowest BCUT2D eigenvalue weighted by Crippen LogP contribution is -1.95. The lowest BCUT2D eigenvalue weighted by atomic mass is 10.1. The molecule has 5 heteroatoms. The molecule has 2 N–H and O–H groups in total. The van der Waals surface area contributed by atoms with E-state index in [-0.39, 0.29) is 11.4 Å². The maximum atomic E-state index is 13.5. The zero-order valence-electron chi connectivity index (χ0n) is 8.05. The summed E-state index contributed by atoms with van der Waals surface area (Å²) in [5, 5.41) is 0. The first kappa shape index (κ1) is 11.0. The quantitative estimate of drug-likeness (QED) is 0.872. The van der Waals surface area contributed by atoms with Crippen molar-refractivity contribution in [2.24, 2.45) is 0 Å². The molecule has 0 aliphatic heterocycles. The number of aromatic nitrogens is 1. The van der Waals surface area contributed by atoms with Crippen LogP contribution in [-0.4, -0.2) is 4.98 Å². The number of hydrogen-bond acceptors (Lipinski definition) is 2. The molecule has 0 spiro atoms. The minimum atomic E-state index is -0.668. The van der Waals surface area contributed by atoms with Crippen molar-refractivity contribution in [2.45, 2.75) is 0 Å². The van der Waals surface area contributed by atoms with Crippen molar-refractivity contribution in [3.63, 3.8) is 0 Å². The van der Waals surface area contributed by atoms with Crippen molar-refractivity contribution in [3.8, 4) is 11.3 Å². The molecule has 2 rings (SSSR count). The van der Waals surface area contributed by atoms with E-state index in [1.165, 1.54) is 12.1 Å². The number of halogens is 3. The third-order valence-electron chi connectivity index (χ3n) is 2.05. The smallest absolute Gasteiger partial charge is 0.135 e. The van der Waals surface area contributed by atoms with Crippen LogP contribution in [-0.2, 0) is 0 Å². The van der Waals surface area contributed by atoms with Crippen LogP contribution in [0, 0.1) is 11.6 Å². The first-order valence-electron chi connectivity index (χ1n) is 4.45. The van der Waals surface area contributed by atoms with Crippen molar-refractivity contribution in [2.75, 3.05) is 5.73 Å². The molecule has 2 aromatic rings. The number of anilines is 1. The number of benzene rings is 1. The first-order chi connectivity index (χ1) is 7.58. The predicted octanol–water partition coefficient (Wildman–Crippen LogP) is 3.37. The Balaban J connectivity index is 2.62. The van der Waals surface area contributed by atoms with Crippen LogP contribution < -0.4 is 5.73 Å². The molecule has 0 saturated heterocycles. The minimum absolute atomic E-state index is 0.209. The highest BCUT2D eigenvalue weighted by atomic mass is 79.9. The van der Waals surface area contributed by atoms with E-state index in [1.54, 1.807) is 12.1 Å². The molecule has 0 aliphatic rings. The summed E-state index contributed by atoms with van der Waals surface area (Å²) in [6.45, 7) is 0. The highest BCUT2D eigenvalue weighted by molar-refractivity contribution is 9.10. The number of nitrogens with zero attached hydrogens (tertiary/aromatic N) is 1. The molecule has 0 bridgehead atoms. The maximum absolute atomic E-state index is 13.5. The van der Waals surface area contributed by atoms with E-state index in [0.29, 0.717) is 10.2 Å². The van der Waals surface area contributed by atoms with Gasteiger partial charge in [0.25, 0.3) is 0 Å². The van der Waals surface area contributed by atoms with Gasteiger partial charge in [0, 0.05) is 16.1 Å². The monoisotopic (exact) mass is 284 g/mol. The molecule has 1 aromatic carbocycles. The van der Waals surface area contributed by atoms with E-state index in [1.807, 2.05) is 0 Å². The van der Waals surface area contributed by atoms with Crippen molar-refractivity contribution >= 4 is 21.7 Å². The molecule has 82 valence electrons. The standard InChI is InChI=1S/C11H7BrF2N2/c12-8-3-4-10(15)16-11(8)7-2-1-6(13)5-9(7)14/h1-5H,(H2,15,16). The van der Waals surface area contributed by atoms with Crippen LogP contribution in [0.4, 0.5) is 14.6 Å². The predicted molar refractivity (Wildman–Crippen MR) is 61.7 cm³/mol. The lowest BCUT2D eigenvalue weighted by molar-refractivity contribution is 0.585. The Bertz CT molecular complexity index is 544. The van der Waals surface area contributed by atoms with Crippen molar-refractivity contribution < 1.29 is 8.78 Å². The fraction of sp³-hybridized carbons (Fsp3) is 0. The SMILES string of the molecule is Nc1ccc(Br)c(-c2ccc(F)cc2F)n1. The minimum Gasteiger partial charge on any atom is -0.384 e. The maximum Gasteiger partial charge on any atom is 0.135 e. The van der Waals surface area contributed by atoms with Gasteiger partial charge in [0.2, 0.25) is 0 Å². The number of nitrogens with two attached hydrogens (primary N) is 1. The second-order valence-corrected chi connectivity index (χ2v) is 4.05. The van der Waals surface area contributed by atoms with E-state index in [2.05, 4.69) is 20.9 Å². The highest BCUT2D eigenvalue weighted by Crippen LogP contribution is 2.29. The van der Waals surface area contributed by atoms with Crippen LogP contribution in [0.1, 0.15) is 0 Å². The zero-order valence-corrected chi connectivity index (χ0v) is 9.63. The van der Waals surface area contributed by atoms with E-state index >= 15 is 0 Å². The van der Waals surface area contributed by atoms with Crippen molar-refractivity contribution in [3.05, 3.63) is 46.4 Å². The summed E-state index contributed by atoms with van der Waals surface area (Å²) in [5.41, 5.74) is 6.08. The van der Waals surface area contributed by atoms with Gasteiger partial charge in [-0.25, -0.2) is 13.8 Å². The van der Waals surface area contributed by atoms with Gasteiger partial charge in [0.05, 0.1) is 5.69 Å². The summed E-state index contributed by atoms with van der Waals surface area (Å²) in [4.78, 5) is 4.00. The van der Waals surface area contributed by atoms with Crippen molar-refractivity contribution in [1.29, 1.82) is 0 Å². The number of pyridine rings is 1. The second-order valence-electron chi connectivity index (χ2n) is 3.19. The van der Waals surface area contributed by atoms with Gasteiger partial charge in [-0.15, -0.1) is 0 Å². The molecule has 0 saturated carbocycles. The summed E-state index contributed by atoms with van der Waals surface area (Å²) >= 11 is 3.24. The Labute approximate surface area is 99.2 Å². The van der Waals surface area contributed by atoms with Gasteiger partial charge in [0.15, 0.2) is 0 Å².